The Bertz CT molecular complexity index is 517. The van der Waals surface area contributed by atoms with Gasteiger partial charge in [-0.1, -0.05) is 54.6 Å². The summed E-state index contributed by atoms with van der Waals surface area (Å²) in [4.78, 5) is 12.1. The first-order valence-electron chi connectivity index (χ1n) is 6.66. The minimum absolute atomic E-state index is 0.163. The number of hydrogen-bond donors (Lipinski definition) is 1. The van der Waals surface area contributed by atoms with Crippen LogP contribution in [0.15, 0.2) is 54.6 Å². The highest BCUT2D eigenvalue weighted by atomic mass is 16.1. The van der Waals surface area contributed by atoms with Gasteiger partial charge in [-0.3, -0.25) is 4.79 Å². The smallest absolute Gasteiger partial charge is 0.167 e. The number of nitrogens with two attached hydrogens (primary N) is 1. The maximum absolute atomic E-state index is 12.1. The maximum Gasteiger partial charge on any atom is 0.167 e. The van der Waals surface area contributed by atoms with Crippen molar-refractivity contribution in [2.45, 2.75) is 19.3 Å². The van der Waals surface area contributed by atoms with Gasteiger partial charge in [0.25, 0.3) is 0 Å². The molecule has 0 unspecified atom stereocenters. The molecule has 0 spiro atoms. The molecular formula is C17H19NO. The van der Waals surface area contributed by atoms with Crippen molar-refractivity contribution in [2.24, 2.45) is 5.73 Å². The van der Waals surface area contributed by atoms with Crippen molar-refractivity contribution >= 4 is 5.78 Å². The van der Waals surface area contributed by atoms with Crippen LogP contribution in [-0.4, -0.2) is 12.3 Å². The highest BCUT2D eigenvalue weighted by molar-refractivity contribution is 5.97. The van der Waals surface area contributed by atoms with Gasteiger partial charge in [0.1, 0.15) is 0 Å². The summed E-state index contributed by atoms with van der Waals surface area (Å²) in [6.45, 7) is 0.703. The molecule has 0 saturated heterocycles. The lowest BCUT2D eigenvalue weighted by Crippen LogP contribution is -2.04. The van der Waals surface area contributed by atoms with Gasteiger partial charge in [-0.15, -0.1) is 0 Å². The van der Waals surface area contributed by atoms with Gasteiger partial charge in [-0.2, -0.15) is 0 Å². The van der Waals surface area contributed by atoms with Crippen molar-refractivity contribution in [1.29, 1.82) is 0 Å². The fraction of sp³-hybridized carbons (Fsp3) is 0.235. The molecule has 19 heavy (non-hydrogen) atoms. The summed E-state index contributed by atoms with van der Waals surface area (Å²) in [5.74, 6) is 0.163. The van der Waals surface area contributed by atoms with Gasteiger partial charge in [0.05, 0.1) is 0 Å². The summed E-state index contributed by atoms with van der Waals surface area (Å²) >= 11 is 0. The first-order chi connectivity index (χ1) is 9.29. The molecule has 0 saturated carbocycles. The van der Waals surface area contributed by atoms with Crippen LogP contribution >= 0.6 is 0 Å². The second kappa shape index (κ2) is 6.86. The molecule has 2 N–H and O–H groups in total. The molecule has 0 heterocycles. The van der Waals surface area contributed by atoms with Gasteiger partial charge in [-0.25, -0.2) is 0 Å². The van der Waals surface area contributed by atoms with E-state index >= 15 is 0 Å². The predicted molar refractivity (Wildman–Crippen MR) is 78.3 cm³/mol. The highest BCUT2D eigenvalue weighted by Crippen LogP contribution is 2.10. The molecule has 2 nitrogen and oxygen atoms in total. The van der Waals surface area contributed by atoms with E-state index in [2.05, 4.69) is 0 Å². The van der Waals surface area contributed by atoms with E-state index in [0.29, 0.717) is 13.0 Å². The summed E-state index contributed by atoms with van der Waals surface area (Å²) in [6.07, 6.45) is 2.42. The maximum atomic E-state index is 12.1. The van der Waals surface area contributed by atoms with E-state index < -0.39 is 0 Å². The zero-order valence-electron chi connectivity index (χ0n) is 11.0. The minimum atomic E-state index is 0.163. The van der Waals surface area contributed by atoms with Crippen LogP contribution in [0.3, 0.4) is 0 Å². The summed E-state index contributed by atoms with van der Waals surface area (Å²) in [7, 11) is 0. The second-order valence-electron chi connectivity index (χ2n) is 4.67. The Morgan fingerprint density at radius 3 is 2.21 bits per heavy atom. The van der Waals surface area contributed by atoms with Gasteiger partial charge in [0.2, 0.25) is 0 Å². The molecule has 0 aliphatic carbocycles. The Labute approximate surface area is 114 Å². The predicted octanol–water partition coefficient (Wildman–Crippen LogP) is 3.00. The molecule has 0 amide bonds. The Balaban J connectivity index is 1.99. The van der Waals surface area contributed by atoms with E-state index in [-0.39, 0.29) is 5.78 Å². The first-order valence-corrected chi connectivity index (χ1v) is 6.66. The average Bonchev–Trinajstić information content (AvgIpc) is 2.46. The number of carbonyl (C=O) groups is 1. The summed E-state index contributed by atoms with van der Waals surface area (Å²) in [5.41, 5.74) is 8.56. The molecule has 2 aromatic carbocycles. The van der Waals surface area contributed by atoms with Crippen molar-refractivity contribution in [1.82, 2.24) is 0 Å². The van der Waals surface area contributed by atoms with E-state index in [4.69, 9.17) is 5.73 Å². The van der Waals surface area contributed by atoms with Crippen LogP contribution in [0.1, 0.15) is 27.9 Å². The molecule has 0 aliphatic rings. The molecule has 2 heteroatoms. The lowest BCUT2D eigenvalue weighted by molar-refractivity contribution is 0.0993. The number of carbonyl (C=O) groups excluding carboxylic acids is 1. The molecule has 0 radical (unpaired) electrons. The van der Waals surface area contributed by atoms with Crippen molar-refractivity contribution in [2.75, 3.05) is 6.54 Å². The number of hydrogen-bond acceptors (Lipinski definition) is 2. The number of aryl methyl sites for hydroxylation is 1. The third-order valence-corrected chi connectivity index (χ3v) is 3.15. The molecule has 0 fully saturated rings. The van der Waals surface area contributed by atoms with E-state index in [1.165, 1.54) is 5.56 Å². The van der Waals surface area contributed by atoms with Gasteiger partial charge in [-0.05, 0) is 30.5 Å². The molecule has 2 rings (SSSR count). The monoisotopic (exact) mass is 253 g/mol. The molecule has 2 aromatic rings. The van der Waals surface area contributed by atoms with Crippen LogP contribution in [0.5, 0.6) is 0 Å². The summed E-state index contributed by atoms with van der Waals surface area (Å²) in [5, 5.41) is 0. The topological polar surface area (TPSA) is 43.1 Å². The van der Waals surface area contributed by atoms with Crippen LogP contribution in [0.4, 0.5) is 0 Å². The Morgan fingerprint density at radius 2 is 1.58 bits per heavy atom. The van der Waals surface area contributed by atoms with E-state index in [0.717, 1.165) is 24.0 Å². The van der Waals surface area contributed by atoms with Gasteiger partial charge in [0.15, 0.2) is 5.78 Å². The van der Waals surface area contributed by atoms with Crippen molar-refractivity contribution < 1.29 is 4.79 Å². The van der Waals surface area contributed by atoms with Crippen molar-refractivity contribution in [3.8, 4) is 0 Å². The third-order valence-electron chi connectivity index (χ3n) is 3.15. The van der Waals surface area contributed by atoms with Crippen LogP contribution in [0.2, 0.25) is 0 Å². The number of ketones is 1. The third kappa shape index (κ3) is 4.04. The van der Waals surface area contributed by atoms with Gasteiger partial charge in [0, 0.05) is 12.0 Å². The van der Waals surface area contributed by atoms with Gasteiger partial charge < -0.3 is 5.73 Å². The number of rotatable bonds is 6. The molecule has 98 valence electrons. The zero-order valence-corrected chi connectivity index (χ0v) is 11.0. The molecular weight excluding hydrogens is 234 g/mol. The normalized spacial score (nSPS) is 10.4. The Kier molecular flexibility index (Phi) is 4.87. The fourth-order valence-electron chi connectivity index (χ4n) is 2.05. The fourth-order valence-corrected chi connectivity index (χ4v) is 2.05. The van der Waals surface area contributed by atoms with E-state index in [1.54, 1.807) is 0 Å². The zero-order chi connectivity index (χ0) is 13.5. The number of benzene rings is 2. The van der Waals surface area contributed by atoms with Gasteiger partial charge >= 0.3 is 0 Å². The van der Waals surface area contributed by atoms with Crippen LogP contribution in [0, 0.1) is 0 Å². The summed E-state index contributed by atoms with van der Waals surface area (Å²) in [6, 6.07) is 17.7. The Hall–Kier alpha value is -1.93. The van der Waals surface area contributed by atoms with Crippen molar-refractivity contribution in [3.05, 3.63) is 71.3 Å². The standard InChI is InChI=1S/C17H19NO/c18-12-4-7-14-8-10-16(11-9-14)17(19)13-15-5-2-1-3-6-15/h1-3,5-6,8-11H,4,7,12-13,18H2. The minimum Gasteiger partial charge on any atom is -0.330 e. The quantitative estimate of drug-likeness (QED) is 0.804. The van der Waals surface area contributed by atoms with E-state index in [9.17, 15) is 4.79 Å². The average molecular weight is 253 g/mol. The summed E-state index contributed by atoms with van der Waals surface area (Å²) < 4.78 is 0. The SMILES string of the molecule is NCCCc1ccc(C(=O)Cc2ccccc2)cc1. The Morgan fingerprint density at radius 1 is 0.895 bits per heavy atom. The second-order valence-corrected chi connectivity index (χ2v) is 4.67. The van der Waals surface area contributed by atoms with Crippen LogP contribution in [-0.2, 0) is 12.8 Å². The molecule has 0 bridgehead atoms. The van der Waals surface area contributed by atoms with Crippen molar-refractivity contribution in [3.63, 3.8) is 0 Å². The largest absolute Gasteiger partial charge is 0.330 e. The molecule has 0 aromatic heterocycles. The van der Waals surface area contributed by atoms with Crippen LogP contribution in [0.25, 0.3) is 0 Å². The lowest BCUT2D eigenvalue weighted by atomic mass is 10.0. The van der Waals surface area contributed by atoms with E-state index in [1.807, 2.05) is 54.6 Å². The highest BCUT2D eigenvalue weighted by Gasteiger charge is 2.06. The number of Topliss-reactive ketones (excluding diaryl/α,β-unsaturated/α-hetero) is 1. The first kappa shape index (κ1) is 13.5. The van der Waals surface area contributed by atoms with Crippen LogP contribution < -0.4 is 5.73 Å². The molecule has 0 aliphatic heterocycles. The molecule has 0 atom stereocenters. The lowest BCUT2D eigenvalue weighted by Gasteiger charge is -2.04.